The molecule has 0 amide bonds. The maximum Gasteiger partial charge on any atom is 0.252 e. The lowest BCUT2D eigenvalue weighted by Gasteiger charge is -2.37. The maximum absolute atomic E-state index is 12.9. The Morgan fingerprint density at radius 3 is 2.61 bits per heavy atom. The van der Waals surface area contributed by atoms with E-state index in [-0.39, 0.29) is 30.1 Å². The third kappa shape index (κ3) is 6.36. The minimum absolute atomic E-state index is 0.163. The number of sulfonamides is 2. The number of benzene rings is 1. The van der Waals surface area contributed by atoms with E-state index < -0.39 is 20.0 Å². The number of piperidine rings is 1. The largest absolute Gasteiger partial charge is 0.494 e. The van der Waals surface area contributed by atoms with Crippen LogP contribution in [0, 0.1) is 0 Å². The predicted octanol–water partition coefficient (Wildman–Crippen LogP) is 3.33. The van der Waals surface area contributed by atoms with Gasteiger partial charge in [-0.1, -0.05) is 29.3 Å². The Balaban J connectivity index is 1.19. The van der Waals surface area contributed by atoms with E-state index in [2.05, 4.69) is 10.0 Å². The zero-order valence-electron chi connectivity index (χ0n) is 19.7. The van der Waals surface area contributed by atoms with Crippen molar-refractivity contribution in [1.82, 2.24) is 14.3 Å². The molecule has 4 rings (SSSR count). The van der Waals surface area contributed by atoms with Gasteiger partial charge in [-0.3, -0.25) is 0 Å². The van der Waals surface area contributed by atoms with Crippen molar-refractivity contribution in [2.75, 3.05) is 39.9 Å². The van der Waals surface area contributed by atoms with Crippen molar-refractivity contribution in [2.45, 2.75) is 46.4 Å². The molecule has 0 bridgehead atoms. The molecule has 0 radical (unpaired) electrons. The van der Waals surface area contributed by atoms with E-state index in [1.807, 2.05) is 0 Å². The van der Waals surface area contributed by atoms with Gasteiger partial charge < -0.3 is 14.8 Å². The highest BCUT2D eigenvalue weighted by Gasteiger charge is 2.44. The fraction of sp³-hybridized carbons (Fsp3) is 0.545. The fourth-order valence-electron chi connectivity index (χ4n) is 4.46. The van der Waals surface area contributed by atoms with Crippen molar-refractivity contribution in [3.05, 3.63) is 39.7 Å². The van der Waals surface area contributed by atoms with E-state index >= 15 is 0 Å². The Kier molecular flexibility index (Phi) is 8.90. The summed E-state index contributed by atoms with van der Waals surface area (Å²) in [6.07, 6.45) is 2.82. The summed E-state index contributed by atoms with van der Waals surface area (Å²) in [4.78, 5) is 0.163. The maximum atomic E-state index is 12.9. The fourth-order valence-corrected chi connectivity index (χ4v) is 8.70. The number of hydrogen-bond acceptors (Lipinski definition) is 8. The number of thiophene rings is 1. The lowest BCUT2D eigenvalue weighted by Crippen LogP contribution is -2.46. The summed E-state index contributed by atoms with van der Waals surface area (Å²) in [6.45, 7) is 2.52. The van der Waals surface area contributed by atoms with Crippen LogP contribution in [0.1, 0.15) is 25.7 Å². The summed E-state index contributed by atoms with van der Waals surface area (Å²) in [5, 5.41) is 3.74. The first-order valence-corrected chi connectivity index (χ1v) is 16.0. The Morgan fingerprint density at radius 2 is 1.94 bits per heavy atom. The summed E-state index contributed by atoms with van der Waals surface area (Å²) < 4.78 is 65.8. The molecule has 2 fully saturated rings. The molecule has 2 N–H and O–H groups in total. The van der Waals surface area contributed by atoms with Crippen LogP contribution in [0.2, 0.25) is 9.36 Å². The number of halogens is 2. The van der Waals surface area contributed by atoms with Crippen LogP contribution in [-0.2, 0) is 24.8 Å². The van der Waals surface area contributed by atoms with Crippen LogP contribution in [0.15, 0.2) is 39.4 Å². The second-order valence-corrected chi connectivity index (χ2v) is 14.9. The van der Waals surface area contributed by atoms with E-state index in [0.717, 1.165) is 30.7 Å². The number of ether oxygens (including phenoxy) is 2. The van der Waals surface area contributed by atoms with Gasteiger partial charge in [-0.25, -0.2) is 21.6 Å². The second-order valence-electron chi connectivity index (χ2n) is 8.82. The molecule has 1 aromatic heterocycles. The molecule has 2 aromatic rings. The summed E-state index contributed by atoms with van der Waals surface area (Å²) in [5.41, 5.74) is -0.315. The van der Waals surface area contributed by atoms with E-state index in [4.69, 9.17) is 32.7 Å². The normalized spacial score (nSPS) is 20.7. The topological polar surface area (TPSA) is 114 Å². The van der Waals surface area contributed by atoms with Crippen molar-refractivity contribution < 1.29 is 26.3 Å². The second kappa shape index (κ2) is 11.4. The Bertz CT molecular complexity index is 1260. The smallest absolute Gasteiger partial charge is 0.252 e. The van der Waals surface area contributed by atoms with Gasteiger partial charge in [-0.15, -0.1) is 11.3 Å². The molecule has 2 saturated heterocycles. The lowest BCUT2D eigenvalue weighted by molar-refractivity contribution is -0.0311. The molecule has 1 atom stereocenters. The summed E-state index contributed by atoms with van der Waals surface area (Å²) in [5.74, 6) is 0.503. The van der Waals surface area contributed by atoms with Crippen LogP contribution < -0.4 is 14.8 Å². The molecule has 2 aliphatic rings. The van der Waals surface area contributed by atoms with Gasteiger partial charge in [0.25, 0.3) is 10.0 Å². The number of rotatable bonds is 10. The molecule has 1 spiro atoms. The summed E-state index contributed by atoms with van der Waals surface area (Å²) in [6, 6.07) is 7.99. The molecule has 1 unspecified atom stereocenters. The molecular formula is C22H29Cl2N3O6S3. The number of nitrogens with one attached hydrogen (secondary N) is 2. The van der Waals surface area contributed by atoms with Crippen molar-refractivity contribution >= 4 is 54.6 Å². The molecule has 0 saturated carbocycles. The van der Waals surface area contributed by atoms with Gasteiger partial charge >= 0.3 is 0 Å². The molecule has 1 aromatic carbocycles. The highest BCUT2D eigenvalue weighted by atomic mass is 35.5. The zero-order chi connectivity index (χ0) is 26.0. The van der Waals surface area contributed by atoms with Crippen LogP contribution in [0.5, 0.6) is 5.75 Å². The number of nitrogens with zero attached hydrogens (tertiary/aromatic N) is 1. The van der Waals surface area contributed by atoms with E-state index in [1.165, 1.54) is 29.6 Å². The van der Waals surface area contributed by atoms with Gasteiger partial charge in [0.05, 0.1) is 28.7 Å². The minimum Gasteiger partial charge on any atom is -0.494 e. The van der Waals surface area contributed by atoms with Crippen LogP contribution in [0.4, 0.5) is 0 Å². The van der Waals surface area contributed by atoms with E-state index in [0.29, 0.717) is 44.9 Å². The molecular weight excluding hydrogens is 569 g/mol. The third-order valence-corrected chi connectivity index (χ3v) is 12.1. The summed E-state index contributed by atoms with van der Waals surface area (Å²) >= 11 is 12.9. The first kappa shape index (κ1) is 28.1. The lowest BCUT2D eigenvalue weighted by atomic mass is 9.88. The van der Waals surface area contributed by atoms with Crippen molar-refractivity contribution in [2.24, 2.45) is 0 Å². The average Bonchev–Trinajstić information content (AvgIpc) is 3.42. The highest BCUT2D eigenvalue weighted by molar-refractivity contribution is 7.91. The third-order valence-electron chi connectivity index (χ3n) is 6.47. The summed E-state index contributed by atoms with van der Waals surface area (Å²) in [7, 11) is -5.76. The standard InChI is InChI=1S/C22H29Cl2N3O6S3/c1-25-35(28,29)18-5-2-4-17(12-18)32-11-3-8-26-16-14-22(33-15-16)6-9-27(10-7-22)36(30,31)20-13-19(23)21(24)34-20/h2,4-5,12-13,16,25-26H,3,6-11,14-15H2,1H3. The van der Waals surface area contributed by atoms with Crippen LogP contribution in [0.25, 0.3) is 0 Å². The molecule has 0 aliphatic carbocycles. The van der Waals surface area contributed by atoms with Crippen LogP contribution >= 0.6 is 34.5 Å². The first-order valence-electron chi connectivity index (χ1n) is 11.5. The molecule has 9 nitrogen and oxygen atoms in total. The van der Waals surface area contributed by atoms with Crippen molar-refractivity contribution in [3.63, 3.8) is 0 Å². The van der Waals surface area contributed by atoms with Gasteiger partial charge in [0.15, 0.2) is 0 Å². The number of hydrogen-bond donors (Lipinski definition) is 2. The van der Waals surface area contributed by atoms with Crippen LogP contribution in [0.3, 0.4) is 0 Å². The molecule has 3 heterocycles. The van der Waals surface area contributed by atoms with Gasteiger partial charge in [-0.2, -0.15) is 4.31 Å². The van der Waals surface area contributed by atoms with Crippen LogP contribution in [-0.4, -0.2) is 72.7 Å². The molecule has 36 heavy (non-hydrogen) atoms. The molecule has 14 heteroatoms. The first-order chi connectivity index (χ1) is 17.0. The average molecular weight is 599 g/mol. The predicted molar refractivity (Wildman–Crippen MR) is 140 cm³/mol. The zero-order valence-corrected chi connectivity index (χ0v) is 23.7. The Morgan fingerprint density at radius 1 is 1.19 bits per heavy atom. The monoisotopic (exact) mass is 597 g/mol. The van der Waals surface area contributed by atoms with Gasteiger partial charge in [0.1, 0.15) is 14.3 Å². The Labute approximate surface area is 226 Å². The Hall–Kier alpha value is -0.960. The SMILES string of the molecule is CNS(=O)(=O)c1cccc(OCCCNC2COC3(CCN(S(=O)(=O)c4cc(Cl)c(Cl)s4)CC3)C2)c1. The minimum atomic E-state index is -3.62. The van der Waals surface area contributed by atoms with Gasteiger partial charge in [0.2, 0.25) is 10.0 Å². The quantitative estimate of drug-likeness (QED) is 0.404. The van der Waals surface area contributed by atoms with Gasteiger partial charge in [0, 0.05) is 25.2 Å². The van der Waals surface area contributed by atoms with Crippen molar-refractivity contribution in [1.29, 1.82) is 0 Å². The molecule has 2 aliphatic heterocycles. The van der Waals surface area contributed by atoms with E-state index in [1.54, 1.807) is 12.1 Å². The molecule has 200 valence electrons. The highest BCUT2D eigenvalue weighted by Crippen LogP contribution is 2.40. The van der Waals surface area contributed by atoms with Crippen molar-refractivity contribution in [3.8, 4) is 5.75 Å². The van der Waals surface area contributed by atoms with E-state index in [9.17, 15) is 16.8 Å². The van der Waals surface area contributed by atoms with Gasteiger partial charge in [-0.05, 0) is 57.5 Å².